The van der Waals surface area contributed by atoms with Gasteiger partial charge in [-0.25, -0.2) is 4.98 Å². The molecule has 1 fully saturated rings. The summed E-state index contributed by atoms with van der Waals surface area (Å²) in [4.78, 5) is 6.37. The quantitative estimate of drug-likeness (QED) is 0.806. The Labute approximate surface area is 89.5 Å². The maximum absolute atomic E-state index is 9.47. The van der Waals surface area contributed by atoms with Crippen LogP contribution in [-0.4, -0.2) is 35.9 Å². The first-order chi connectivity index (χ1) is 7.31. The molecule has 0 aliphatic carbocycles. The molecule has 0 spiro atoms. The van der Waals surface area contributed by atoms with Gasteiger partial charge < -0.3 is 14.7 Å². The summed E-state index contributed by atoms with van der Waals surface area (Å²) in [7, 11) is 0. The first-order valence-corrected chi connectivity index (χ1v) is 5.32. The predicted octanol–water partition coefficient (Wildman–Crippen LogP) is 1.05. The third kappa shape index (κ3) is 2.21. The first-order valence-electron chi connectivity index (χ1n) is 5.32. The molecule has 1 N–H and O–H groups in total. The van der Waals surface area contributed by atoms with E-state index in [1.807, 2.05) is 19.1 Å². The van der Waals surface area contributed by atoms with Crippen LogP contribution in [0.4, 0.5) is 5.82 Å². The zero-order valence-electron chi connectivity index (χ0n) is 8.89. The minimum Gasteiger partial charge on any atom is -0.490 e. The molecule has 4 heteroatoms. The van der Waals surface area contributed by atoms with Gasteiger partial charge in [-0.2, -0.15) is 0 Å². The molecule has 2 heterocycles. The molecular weight excluding hydrogens is 192 g/mol. The number of β-amino-alcohol motifs (C(OH)–C–C–N with tert-alkyl or cyclic N) is 1. The van der Waals surface area contributed by atoms with Crippen LogP contribution in [0.5, 0.6) is 5.75 Å². The summed E-state index contributed by atoms with van der Waals surface area (Å²) in [5, 5.41) is 9.47. The van der Waals surface area contributed by atoms with Crippen LogP contribution in [0.1, 0.15) is 13.3 Å². The highest BCUT2D eigenvalue weighted by molar-refractivity contribution is 5.52. The Bertz CT molecular complexity index is 330. The Morgan fingerprint density at radius 2 is 2.53 bits per heavy atom. The molecule has 1 aliphatic heterocycles. The number of aliphatic hydroxyl groups excluding tert-OH is 1. The second-order valence-corrected chi connectivity index (χ2v) is 3.65. The summed E-state index contributed by atoms with van der Waals surface area (Å²) < 4.78 is 5.50. The van der Waals surface area contributed by atoms with E-state index >= 15 is 0 Å². The number of aromatic nitrogens is 1. The average Bonchev–Trinajstić information content (AvgIpc) is 2.66. The summed E-state index contributed by atoms with van der Waals surface area (Å²) in [6, 6.07) is 3.78. The zero-order chi connectivity index (χ0) is 10.7. The summed E-state index contributed by atoms with van der Waals surface area (Å²) in [6.07, 6.45) is 2.33. The van der Waals surface area contributed by atoms with Gasteiger partial charge in [0.15, 0.2) is 11.6 Å². The van der Waals surface area contributed by atoms with E-state index in [0.717, 1.165) is 24.5 Å². The lowest BCUT2D eigenvalue weighted by molar-refractivity contribution is 0.198. The smallest absolute Gasteiger partial charge is 0.171 e. The van der Waals surface area contributed by atoms with E-state index in [4.69, 9.17) is 4.74 Å². The van der Waals surface area contributed by atoms with Gasteiger partial charge in [-0.1, -0.05) is 0 Å². The van der Waals surface area contributed by atoms with Crippen molar-refractivity contribution in [2.45, 2.75) is 19.4 Å². The van der Waals surface area contributed by atoms with Crippen LogP contribution in [0.3, 0.4) is 0 Å². The number of hydrogen-bond donors (Lipinski definition) is 1. The minimum absolute atomic E-state index is 0.235. The van der Waals surface area contributed by atoms with Crippen LogP contribution < -0.4 is 9.64 Å². The molecule has 1 saturated heterocycles. The molecule has 0 amide bonds. The van der Waals surface area contributed by atoms with E-state index in [2.05, 4.69) is 9.88 Å². The van der Waals surface area contributed by atoms with Gasteiger partial charge in [0.05, 0.1) is 12.7 Å². The number of nitrogens with zero attached hydrogens (tertiary/aromatic N) is 2. The number of pyridine rings is 1. The standard InChI is InChI=1S/C11H16N2O2/c1-2-15-10-4-3-6-12-11(10)13-7-5-9(14)8-13/h3-4,6,9,14H,2,5,7-8H2,1H3. The molecule has 1 unspecified atom stereocenters. The fourth-order valence-corrected chi connectivity index (χ4v) is 1.82. The molecule has 1 aromatic heterocycles. The van der Waals surface area contributed by atoms with Gasteiger partial charge in [0, 0.05) is 19.3 Å². The molecule has 0 bridgehead atoms. The lowest BCUT2D eigenvalue weighted by Crippen LogP contribution is -2.22. The second-order valence-electron chi connectivity index (χ2n) is 3.65. The Morgan fingerprint density at radius 1 is 1.67 bits per heavy atom. The topological polar surface area (TPSA) is 45.6 Å². The van der Waals surface area contributed by atoms with E-state index in [0.29, 0.717) is 13.2 Å². The monoisotopic (exact) mass is 208 g/mol. The minimum atomic E-state index is -0.235. The van der Waals surface area contributed by atoms with Gasteiger partial charge in [-0.3, -0.25) is 0 Å². The van der Waals surface area contributed by atoms with Gasteiger partial charge in [0.25, 0.3) is 0 Å². The van der Waals surface area contributed by atoms with E-state index < -0.39 is 0 Å². The summed E-state index contributed by atoms with van der Waals surface area (Å²) in [5.74, 6) is 1.64. The number of rotatable bonds is 3. The average molecular weight is 208 g/mol. The van der Waals surface area contributed by atoms with Crippen molar-refractivity contribution in [3.8, 4) is 5.75 Å². The van der Waals surface area contributed by atoms with Gasteiger partial charge >= 0.3 is 0 Å². The van der Waals surface area contributed by atoms with Crippen molar-refractivity contribution >= 4 is 5.82 Å². The van der Waals surface area contributed by atoms with Crippen molar-refractivity contribution < 1.29 is 9.84 Å². The highest BCUT2D eigenvalue weighted by Crippen LogP contribution is 2.27. The van der Waals surface area contributed by atoms with Gasteiger partial charge in [0.2, 0.25) is 0 Å². The van der Waals surface area contributed by atoms with Crippen molar-refractivity contribution in [3.63, 3.8) is 0 Å². The Kier molecular flexibility index (Phi) is 3.06. The van der Waals surface area contributed by atoms with Crippen LogP contribution >= 0.6 is 0 Å². The zero-order valence-corrected chi connectivity index (χ0v) is 8.89. The number of hydrogen-bond acceptors (Lipinski definition) is 4. The molecule has 1 aliphatic rings. The van der Waals surface area contributed by atoms with Crippen LogP contribution in [0, 0.1) is 0 Å². The summed E-state index contributed by atoms with van der Waals surface area (Å²) in [5.41, 5.74) is 0. The van der Waals surface area contributed by atoms with E-state index in [9.17, 15) is 5.11 Å². The molecule has 0 aromatic carbocycles. The molecule has 15 heavy (non-hydrogen) atoms. The van der Waals surface area contributed by atoms with Crippen LogP contribution in [0.15, 0.2) is 18.3 Å². The normalized spacial score (nSPS) is 20.7. The van der Waals surface area contributed by atoms with Gasteiger partial charge in [-0.15, -0.1) is 0 Å². The van der Waals surface area contributed by atoms with Crippen LogP contribution in [0.2, 0.25) is 0 Å². The molecular formula is C11H16N2O2. The fourth-order valence-electron chi connectivity index (χ4n) is 1.82. The lowest BCUT2D eigenvalue weighted by Gasteiger charge is -2.19. The molecule has 2 rings (SSSR count). The Balaban J connectivity index is 2.19. The number of anilines is 1. The SMILES string of the molecule is CCOc1cccnc1N1CCC(O)C1. The van der Waals surface area contributed by atoms with Crippen molar-refractivity contribution in [3.05, 3.63) is 18.3 Å². The highest BCUT2D eigenvalue weighted by atomic mass is 16.5. The molecule has 82 valence electrons. The second kappa shape index (κ2) is 4.49. The van der Waals surface area contributed by atoms with Gasteiger partial charge in [0.1, 0.15) is 0 Å². The highest BCUT2D eigenvalue weighted by Gasteiger charge is 2.23. The van der Waals surface area contributed by atoms with E-state index in [-0.39, 0.29) is 6.10 Å². The maximum Gasteiger partial charge on any atom is 0.171 e. The van der Waals surface area contributed by atoms with Crippen molar-refractivity contribution in [2.24, 2.45) is 0 Å². The predicted molar refractivity (Wildman–Crippen MR) is 58.2 cm³/mol. The lowest BCUT2D eigenvalue weighted by atomic mass is 10.3. The molecule has 4 nitrogen and oxygen atoms in total. The van der Waals surface area contributed by atoms with Crippen molar-refractivity contribution in [2.75, 3.05) is 24.6 Å². The van der Waals surface area contributed by atoms with Gasteiger partial charge in [-0.05, 0) is 25.5 Å². The van der Waals surface area contributed by atoms with Crippen LogP contribution in [0.25, 0.3) is 0 Å². The Hall–Kier alpha value is -1.29. The number of aliphatic hydroxyl groups is 1. The summed E-state index contributed by atoms with van der Waals surface area (Å²) >= 11 is 0. The molecule has 0 saturated carbocycles. The molecule has 1 atom stereocenters. The van der Waals surface area contributed by atoms with E-state index in [1.54, 1.807) is 6.20 Å². The van der Waals surface area contributed by atoms with Crippen LogP contribution in [-0.2, 0) is 0 Å². The molecule has 0 radical (unpaired) electrons. The molecule has 1 aromatic rings. The third-order valence-corrected chi connectivity index (χ3v) is 2.51. The van der Waals surface area contributed by atoms with Crippen molar-refractivity contribution in [1.82, 2.24) is 4.98 Å². The maximum atomic E-state index is 9.47. The Morgan fingerprint density at radius 3 is 3.20 bits per heavy atom. The number of ether oxygens (including phenoxy) is 1. The van der Waals surface area contributed by atoms with Crippen molar-refractivity contribution in [1.29, 1.82) is 0 Å². The largest absolute Gasteiger partial charge is 0.490 e. The summed E-state index contributed by atoms with van der Waals surface area (Å²) in [6.45, 7) is 4.08. The first kappa shape index (κ1) is 10.2. The third-order valence-electron chi connectivity index (χ3n) is 2.51. The van der Waals surface area contributed by atoms with E-state index in [1.165, 1.54) is 0 Å². The fraction of sp³-hybridized carbons (Fsp3) is 0.545.